The first-order valence-electron chi connectivity index (χ1n) is 11.5. The normalized spacial score (nSPS) is 16.8. The number of likely N-dealkylation sites (tertiary alicyclic amines) is 1. The van der Waals surface area contributed by atoms with E-state index in [-0.39, 0.29) is 11.8 Å². The molecule has 3 heterocycles. The lowest BCUT2D eigenvalue weighted by Gasteiger charge is -2.32. The quantitative estimate of drug-likeness (QED) is 0.607. The highest BCUT2D eigenvalue weighted by atomic mass is 16.5. The lowest BCUT2D eigenvalue weighted by Crippen LogP contribution is -2.40. The molecule has 0 spiro atoms. The van der Waals surface area contributed by atoms with Gasteiger partial charge in [-0.25, -0.2) is 0 Å². The first-order chi connectivity index (χ1) is 15.6. The molecule has 2 aromatic carbocycles. The second-order valence-electron chi connectivity index (χ2n) is 9.01. The fraction of sp³-hybridized carbons (Fsp3) is 0.370. The Bertz CT molecular complexity index is 1070. The minimum Gasteiger partial charge on any atom is -0.466 e. The Hall–Kier alpha value is -3.05. The van der Waals surface area contributed by atoms with Crippen molar-refractivity contribution >= 4 is 5.91 Å². The summed E-state index contributed by atoms with van der Waals surface area (Å²) < 4.78 is 11.7. The number of para-hydroxylation sites is 2. The Balaban J connectivity index is 1.20. The van der Waals surface area contributed by atoms with Gasteiger partial charge in [0.05, 0.1) is 5.92 Å². The maximum Gasteiger partial charge on any atom is 0.232 e. The Kier molecular flexibility index (Phi) is 5.75. The van der Waals surface area contributed by atoms with E-state index in [1.54, 1.807) is 0 Å². The summed E-state index contributed by atoms with van der Waals surface area (Å²) in [7, 11) is 0. The number of nitrogens with one attached hydrogen (secondary N) is 1. The summed E-state index contributed by atoms with van der Waals surface area (Å²) in [6.45, 7) is 7.80. The molecule has 0 saturated carbocycles. The molecular formula is C27H30N2O3. The molecule has 5 nitrogen and oxygen atoms in total. The summed E-state index contributed by atoms with van der Waals surface area (Å²) in [5.41, 5.74) is 3.15. The highest BCUT2D eigenvalue weighted by Crippen LogP contribution is 2.43. The van der Waals surface area contributed by atoms with Crippen LogP contribution in [0, 0.1) is 19.8 Å². The number of hydrogen-bond donors (Lipinski definition) is 1. The topological polar surface area (TPSA) is 54.7 Å². The fourth-order valence-electron chi connectivity index (χ4n) is 4.97. The molecule has 2 aliphatic heterocycles. The van der Waals surface area contributed by atoms with Gasteiger partial charge in [0.15, 0.2) is 0 Å². The van der Waals surface area contributed by atoms with Gasteiger partial charge in [0.25, 0.3) is 0 Å². The number of piperidine rings is 1. The highest BCUT2D eigenvalue weighted by Gasteiger charge is 2.32. The lowest BCUT2D eigenvalue weighted by atomic mass is 9.87. The fourth-order valence-corrected chi connectivity index (χ4v) is 4.97. The third kappa shape index (κ3) is 4.17. The molecular weight excluding hydrogens is 400 g/mol. The van der Waals surface area contributed by atoms with Crippen molar-refractivity contribution in [1.82, 2.24) is 10.2 Å². The van der Waals surface area contributed by atoms with Crippen LogP contribution >= 0.6 is 0 Å². The molecule has 1 N–H and O–H groups in total. The molecule has 0 radical (unpaired) electrons. The van der Waals surface area contributed by atoms with Crippen molar-refractivity contribution < 1.29 is 13.9 Å². The number of hydrogen-bond acceptors (Lipinski definition) is 4. The van der Waals surface area contributed by atoms with E-state index in [1.807, 2.05) is 62.4 Å². The summed E-state index contributed by atoms with van der Waals surface area (Å²) in [5.74, 6) is 3.77. The largest absolute Gasteiger partial charge is 0.466 e. The number of benzene rings is 2. The SMILES string of the molecule is Cc1cc(CN2CCC(CNC(=O)C3c4ccccc4Oc4ccccc43)CC2)c(C)o1. The molecule has 32 heavy (non-hydrogen) atoms. The first kappa shape index (κ1) is 20.8. The van der Waals surface area contributed by atoms with Crippen LogP contribution in [0.25, 0.3) is 0 Å². The summed E-state index contributed by atoms with van der Waals surface area (Å²) >= 11 is 0. The number of carbonyl (C=O) groups is 1. The van der Waals surface area contributed by atoms with Crippen molar-refractivity contribution in [2.45, 2.75) is 39.2 Å². The molecule has 0 aliphatic carbocycles. The van der Waals surface area contributed by atoms with Gasteiger partial charge in [-0.1, -0.05) is 36.4 Å². The van der Waals surface area contributed by atoms with E-state index in [4.69, 9.17) is 9.15 Å². The van der Waals surface area contributed by atoms with Gasteiger partial charge in [-0.05, 0) is 63.9 Å². The van der Waals surface area contributed by atoms with Crippen molar-refractivity contribution in [3.05, 3.63) is 82.8 Å². The zero-order chi connectivity index (χ0) is 22.1. The van der Waals surface area contributed by atoms with Crippen LogP contribution in [-0.2, 0) is 11.3 Å². The Labute approximate surface area is 189 Å². The minimum atomic E-state index is -0.330. The monoisotopic (exact) mass is 430 g/mol. The van der Waals surface area contributed by atoms with Crippen molar-refractivity contribution in [3.63, 3.8) is 0 Å². The molecule has 2 aliphatic rings. The van der Waals surface area contributed by atoms with Crippen LogP contribution in [0.4, 0.5) is 0 Å². The first-order valence-corrected chi connectivity index (χ1v) is 11.5. The van der Waals surface area contributed by atoms with Gasteiger partial charge in [0.1, 0.15) is 23.0 Å². The number of aryl methyl sites for hydroxylation is 2. The van der Waals surface area contributed by atoms with Crippen LogP contribution in [0.1, 0.15) is 47.0 Å². The van der Waals surface area contributed by atoms with E-state index >= 15 is 0 Å². The van der Waals surface area contributed by atoms with Crippen LogP contribution in [0.2, 0.25) is 0 Å². The van der Waals surface area contributed by atoms with Crippen molar-refractivity contribution in [2.75, 3.05) is 19.6 Å². The molecule has 5 heteroatoms. The van der Waals surface area contributed by atoms with Crippen molar-refractivity contribution in [3.8, 4) is 11.5 Å². The number of rotatable bonds is 5. The predicted molar refractivity (Wildman–Crippen MR) is 124 cm³/mol. The highest BCUT2D eigenvalue weighted by molar-refractivity contribution is 5.89. The standard InChI is InChI=1S/C27H30N2O3/c1-18-15-21(19(2)31-18)17-29-13-11-20(12-14-29)16-28-27(30)26-22-7-3-5-9-24(22)32-25-10-6-4-8-23(25)26/h3-10,15,20,26H,11-14,16-17H2,1-2H3,(H,28,30). The average Bonchev–Trinajstić information content (AvgIpc) is 3.13. The number of furan rings is 1. The summed E-state index contributed by atoms with van der Waals surface area (Å²) in [6, 6.07) is 17.8. The van der Waals surface area contributed by atoms with E-state index in [0.29, 0.717) is 5.92 Å². The second kappa shape index (κ2) is 8.83. The summed E-state index contributed by atoms with van der Waals surface area (Å²) in [6.07, 6.45) is 2.19. The molecule has 0 unspecified atom stereocenters. The van der Waals surface area contributed by atoms with Crippen LogP contribution in [-0.4, -0.2) is 30.4 Å². The van der Waals surface area contributed by atoms with Gasteiger partial charge >= 0.3 is 0 Å². The predicted octanol–water partition coefficient (Wildman–Crippen LogP) is 5.16. The molecule has 1 aromatic heterocycles. The number of ether oxygens (including phenoxy) is 1. The molecule has 1 amide bonds. The van der Waals surface area contributed by atoms with Crippen molar-refractivity contribution in [2.24, 2.45) is 5.92 Å². The van der Waals surface area contributed by atoms with E-state index in [2.05, 4.69) is 16.3 Å². The Morgan fingerprint density at radius 3 is 2.22 bits per heavy atom. The average molecular weight is 431 g/mol. The molecule has 166 valence electrons. The molecule has 1 fully saturated rings. The maximum atomic E-state index is 13.3. The number of fused-ring (bicyclic) bond motifs is 2. The van der Waals surface area contributed by atoms with Gasteiger partial charge < -0.3 is 14.5 Å². The van der Waals surface area contributed by atoms with Crippen LogP contribution in [0.5, 0.6) is 11.5 Å². The molecule has 3 aromatic rings. The number of amides is 1. The molecule has 5 rings (SSSR count). The Morgan fingerprint density at radius 2 is 1.62 bits per heavy atom. The number of nitrogens with zero attached hydrogens (tertiary/aromatic N) is 1. The molecule has 1 saturated heterocycles. The van der Waals surface area contributed by atoms with Gasteiger partial charge in [-0.3, -0.25) is 9.69 Å². The van der Waals surface area contributed by atoms with Gasteiger partial charge in [-0.2, -0.15) is 0 Å². The summed E-state index contributed by atoms with van der Waals surface area (Å²) in [5, 5.41) is 3.25. The zero-order valence-electron chi connectivity index (χ0n) is 18.8. The smallest absolute Gasteiger partial charge is 0.232 e. The van der Waals surface area contributed by atoms with E-state index in [0.717, 1.165) is 73.2 Å². The second-order valence-corrected chi connectivity index (χ2v) is 9.01. The van der Waals surface area contributed by atoms with E-state index in [1.165, 1.54) is 5.56 Å². The van der Waals surface area contributed by atoms with Gasteiger partial charge in [-0.15, -0.1) is 0 Å². The third-order valence-corrected chi connectivity index (χ3v) is 6.75. The molecule has 0 bridgehead atoms. The lowest BCUT2D eigenvalue weighted by molar-refractivity contribution is -0.122. The minimum absolute atomic E-state index is 0.0557. The van der Waals surface area contributed by atoms with Crippen LogP contribution in [0.3, 0.4) is 0 Å². The number of carbonyl (C=O) groups excluding carboxylic acids is 1. The van der Waals surface area contributed by atoms with Gasteiger partial charge in [0, 0.05) is 29.8 Å². The van der Waals surface area contributed by atoms with Crippen LogP contribution < -0.4 is 10.1 Å². The molecule has 0 atom stereocenters. The van der Waals surface area contributed by atoms with E-state index in [9.17, 15) is 4.79 Å². The summed E-state index contributed by atoms with van der Waals surface area (Å²) in [4.78, 5) is 15.8. The van der Waals surface area contributed by atoms with E-state index < -0.39 is 0 Å². The maximum absolute atomic E-state index is 13.3. The van der Waals surface area contributed by atoms with Crippen molar-refractivity contribution in [1.29, 1.82) is 0 Å². The van der Waals surface area contributed by atoms with Crippen LogP contribution in [0.15, 0.2) is 59.0 Å². The third-order valence-electron chi connectivity index (χ3n) is 6.75. The Morgan fingerprint density at radius 1 is 1.00 bits per heavy atom. The zero-order valence-corrected chi connectivity index (χ0v) is 18.8. The van der Waals surface area contributed by atoms with Gasteiger partial charge in [0.2, 0.25) is 5.91 Å².